The van der Waals surface area contributed by atoms with E-state index in [4.69, 9.17) is 0 Å². The van der Waals surface area contributed by atoms with Gasteiger partial charge in [0, 0.05) is 13.0 Å². The summed E-state index contributed by atoms with van der Waals surface area (Å²) in [6.07, 6.45) is 4.18. The van der Waals surface area contributed by atoms with Crippen molar-refractivity contribution in [2.45, 2.75) is 18.8 Å². The van der Waals surface area contributed by atoms with Crippen molar-refractivity contribution >= 4 is 0 Å². The molecule has 1 aliphatic rings. The molecule has 2 rings (SSSR count). The van der Waals surface area contributed by atoms with Gasteiger partial charge in [-0.2, -0.15) is 5.10 Å². The zero-order chi connectivity index (χ0) is 9.26. The third-order valence-corrected chi connectivity index (χ3v) is 2.70. The lowest BCUT2D eigenvalue weighted by Gasteiger charge is -2.26. The maximum atomic E-state index is 4.35. The normalized spacial score (nSPS) is 20.8. The zero-order valence-corrected chi connectivity index (χ0v) is 8.27. The van der Waals surface area contributed by atoms with E-state index in [1.807, 2.05) is 7.05 Å². The summed E-state index contributed by atoms with van der Waals surface area (Å²) in [5.41, 5.74) is 0. The number of nitrogens with zero attached hydrogens (tertiary/aromatic N) is 4. The van der Waals surface area contributed by atoms with Gasteiger partial charge in [0.05, 0.1) is 0 Å². The Morgan fingerprint density at radius 2 is 2.00 bits per heavy atom. The second kappa shape index (κ2) is 3.46. The van der Waals surface area contributed by atoms with Crippen LogP contribution in [0.2, 0.25) is 0 Å². The fourth-order valence-electron chi connectivity index (χ4n) is 1.81. The lowest BCUT2D eigenvalue weighted by Crippen LogP contribution is -2.29. The number of hydrogen-bond donors (Lipinski definition) is 0. The second-order valence-electron chi connectivity index (χ2n) is 3.85. The van der Waals surface area contributed by atoms with Gasteiger partial charge in [-0.1, -0.05) is 0 Å². The van der Waals surface area contributed by atoms with Crippen LogP contribution in [-0.2, 0) is 7.05 Å². The summed E-state index contributed by atoms with van der Waals surface area (Å²) in [5.74, 6) is 1.60. The molecule has 2 heterocycles. The Labute approximate surface area is 78.6 Å². The molecule has 1 aromatic heterocycles. The van der Waals surface area contributed by atoms with Crippen LogP contribution in [0.25, 0.3) is 0 Å². The van der Waals surface area contributed by atoms with Gasteiger partial charge in [0.2, 0.25) is 0 Å². The highest BCUT2D eigenvalue weighted by Gasteiger charge is 2.20. The Morgan fingerprint density at radius 3 is 2.54 bits per heavy atom. The van der Waals surface area contributed by atoms with E-state index in [1.165, 1.54) is 25.9 Å². The van der Waals surface area contributed by atoms with Crippen molar-refractivity contribution in [3.63, 3.8) is 0 Å². The number of piperidine rings is 1. The smallest absolute Gasteiger partial charge is 0.153 e. The number of hydrogen-bond acceptors (Lipinski definition) is 3. The van der Waals surface area contributed by atoms with Crippen LogP contribution in [0.3, 0.4) is 0 Å². The summed E-state index contributed by atoms with van der Waals surface area (Å²) in [4.78, 5) is 6.66. The van der Waals surface area contributed by atoms with Gasteiger partial charge >= 0.3 is 0 Å². The van der Waals surface area contributed by atoms with Crippen LogP contribution in [0, 0.1) is 0 Å². The highest BCUT2D eigenvalue weighted by Crippen LogP contribution is 2.23. The largest absolute Gasteiger partial charge is 0.306 e. The molecule has 1 aliphatic heterocycles. The van der Waals surface area contributed by atoms with Gasteiger partial charge in [-0.05, 0) is 33.0 Å². The van der Waals surface area contributed by atoms with Gasteiger partial charge in [0.15, 0.2) is 5.82 Å². The maximum Gasteiger partial charge on any atom is 0.153 e. The van der Waals surface area contributed by atoms with E-state index in [2.05, 4.69) is 22.0 Å². The highest BCUT2D eigenvalue weighted by molar-refractivity contribution is 4.95. The van der Waals surface area contributed by atoms with E-state index in [0.717, 1.165) is 5.82 Å². The Kier molecular flexibility index (Phi) is 2.31. The molecule has 0 aliphatic carbocycles. The maximum absolute atomic E-state index is 4.35. The van der Waals surface area contributed by atoms with Crippen LogP contribution < -0.4 is 0 Å². The van der Waals surface area contributed by atoms with Crippen LogP contribution >= 0.6 is 0 Å². The minimum absolute atomic E-state index is 0.581. The zero-order valence-electron chi connectivity index (χ0n) is 8.27. The van der Waals surface area contributed by atoms with Crippen LogP contribution in [0.15, 0.2) is 6.33 Å². The van der Waals surface area contributed by atoms with E-state index in [0.29, 0.717) is 5.92 Å². The fourth-order valence-corrected chi connectivity index (χ4v) is 1.81. The number of rotatable bonds is 1. The molecule has 72 valence electrons. The predicted octanol–water partition coefficient (Wildman–Crippen LogP) is 0.624. The van der Waals surface area contributed by atoms with Gasteiger partial charge in [-0.15, -0.1) is 0 Å². The Bertz CT molecular complexity index is 273. The average molecular weight is 180 g/mol. The lowest BCUT2D eigenvalue weighted by molar-refractivity contribution is 0.251. The fraction of sp³-hybridized carbons (Fsp3) is 0.778. The Balaban J connectivity index is 2.02. The molecule has 0 unspecified atom stereocenters. The molecule has 0 radical (unpaired) electrons. The van der Waals surface area contributed by atoms with Gasteiger partial charge < -0.3 is 4.90 Å². The summed E-state index contributed by atoms with van der Waals surface area (Å²) in [6, 6.07) is 0. The molecule has 1 fully saturated rings. The summed E-state index contributed by atoms with van der Waals surface area (Å²) >= 11 is 0. The van der Waals surface area contributed by atoms with Gasteiger partial charge in [0.1, 0.15) is 6.33 Å². The molecule has 0 aromatic carbocycles. The standard InChI is InChI=1S/C9H16N4/c1-12-5-3-8(4-6-12)9-10-7-13(2)11-9/h7-8H,3-6H2,1-2H3. The monoisotopic (exact) mass is 180 g/mol. The quantitative estimate of drug-likeness (QED) is 0.635. The summed E-state index contributed by atoms with van der Waals surface area (Å²) in [5, 5.41) is 4.35. The summed E-state index contributed by atoms with van der Waals surface area (Å²) in [7, 11) is 4.09. The first kappa shape index (κ1) is 8.69. The van der Waals surface area contributed by atoms with Crippen molar-refractivity contribution in [2.75, 3.05) is 20.1 Å². The van der Waals surface area contributed by atoms with Crippen LogP contribution in [0.4, 0.5) is 0 Å². The predicted molar refractivity (Wildman–Crippen MR) is 50.5 cm³/mol. The molecular weight excluding hydrogens is 164 g/mol. The van der Waals surface area contributed by atoms with Crippen LogP contribution in [0.5, 0.6) is 0 Å². The molecule has 4 nitrogen and oxygen atoms in total. The molecule has 0 N–H and O–H groups in total. The first-order chi connectivity index (χ1) is 6.25. The first-order valence-electron chi connectivity index (χ1n) is 4.80. The molecule has 0 saturated carbocycles. The molecule has 4 heteroatoms. The van der Waals surface area contributed by atoms with E-state index >= 15 is 0 Å². The topological polar surface area (TPSA) is 34.0 Å². The van der Waals surface area contributed by atoms with Gasteiger partial charge in [-0.3, -0.25) is 4.68 Å². The van der Waals surface area contributed by atoms with Crippen molar-refractivity contribution in [1.29, 1.82) is 0 Å². The third-order valence-electron chi connectivity index (χ3n) is 2.70. The minimum Gasteiger partial charge on any atom is -0.306 e. The molecule has 1 aromatic rings. The van der Waals surface area contributed by atoms with Crippen molar-refractivity contribution in [1.82, 2.24) is 19.7 Å². The van der Waals surface area contributed by atoms with Crippen LogP contribution in [-0.4, -0.2) is 39.8 Å². The van der Waals surface area contributed by atoms with Crippen molar-refractivity contribution < 1.29 is 0 Å². The van der Waals surface area contributed by atoms with Crippen LogP contribution in [0.1, 0.15) is 24.6 Å². The van der Waals surface area contributed by atoms with Crippen molar-refractivity contribution in [2.24, 2.45) is 7.05 Å². The molecule has 0 spiro atoms. The van der Waals surface area contributed by atoms with E-state index in [-0.39, 0.29) is 0 Å². The van der Waals surface area contributed by atoms with Gasteiger partial charge in [-0.25, -0.2) is 4.98 Å². The first-order valence-corrected chi connectivity index (χ1v) is 4.80. The molecule has 1 saturated heterocycles. The van der Waals surface area contributed by atoms with Gasteiger partial charge in [0.25, 0.3) is 0 Å². The van der Waals surface area contributed by atoms with E-state index < -0.39 is 0 Å². The molecule has 0 amide bonds. The third kappa shape index (κ3) is 1.88. The summed E-state index contributed by atoms with van der Waals surface area (Å²) in [6.45, 7) is 2.34. The SMILES string of the molecule is CN1CCC(c2ncn(C)n2)CC1. The summed E-state index contributed by atoms with van der Waals surface area (Å²) < 4.78 is 1.79. The second-order valence-corrected chi connectivity index (χ2v) is 3.85. The number of aryl methyl sites for hydroxylation is 1. The number of aromatic nitrogens is 3. The van der Waals surface area contributed by atoms with E-state index in [9.17, 15) is 0 Å². The lowest BCUT2D eigenvalue weighted by atomic mass is 9.97. The van der Waals surface area contributed by atoms with Crippen molar-refractivity contribution in [3.8, 4) is 0 Å². The molecule has 0 bridgehead atoms. The molecule has 0 atom stereocenters. The Morgan fingerprint density at radius 1 is 1.31 bits per heavy atom. The van der Waals surface area contributed by atoms with E-state index in [1.54, 1.807) is 11.0 Å². The minimum atomic E-state index is 0.581. The highest BCUT2D eigenvalue weighted by atomic mass is 15.3. The molecule has 13 heavy (non-hydrogen) atoms. The number of likely N-dealkylation sites (tertiary alicyclic amines) is 1. The Hall–Kier alpha value is -0.900. The molecular formula is C9H16N4. The van der Waals surface area contributed by atoms with Crippen molar-refractivity contribution in [3.05, 3.63) is 12.2 Å². The average Bonchev–Trinajstić information content (AvgIpc) is 2.53.